The molecule has 2 aromatic carbocycles. The van der Waals surface area contributed by atoms with Gasteiger partial charge < -0.3 is 4.74 Å². The van der Waals surface area contributed by atoms with Crippen molar-refractivity contribution in [3.8, 4) is 0 Å². The van der Waals surface area contributed by atoms with Crippen LogP contribution in [-0.4, -0.2) is 18.4 Å². The lowest BCUT2D eigenvalue weighted by Crippen LogP contribution is -2.26. The highest BCUT2D eigenvalue weighted by Gasteiger charge is 2.33. The molecule has 1 atom stereocenters. The van der Waals surface area contributed by atoms with E-state index < -0.39 is 11.9 Å². The Balaban J connectivity index is 2.47. The predicted octanol–water partition coefficient (Wildman–Crippen LogP) is 5.91. The summed E-state index contributed by atoms with van der Waals surface area (Å²) in [6, 6.07) is 13.3. The third-order valence-electron chi connectivity index (χ3n) is 5.02. The van der Waals surface area contributed by atoms with Gasteiger partial charge >= 0.3 is 5.97 Å². The number of benzene rings is 2. The minimum atomic E-state index is -0.934. The van der Waals surface area contributed by atoms with Gasteiger partial charge in [0.2, 0.25) is 0 Å². The number of hydrogen-bond acceptors (Lipinski definition) is 3. The molecule has 0 fully saturated rings. The maximum atomic E-state index is 13.5. The monoisotopic (exact) mass is 380 g/mol. The van der Waals surface area contributed by atoms with Crippen molar-refractivity contribution >= 4 is 11.8 Å². The molecule has 3 nitrogen and oxygen atoms in total. The number of rotatable bonds is 7. The molecule has 3 heteroatoms. The second-order valence-electron chi connectivity index (χ2n) is 8.46. The van der Waals surface area contributed by atoms with Crippen LogP contribution in [0.1, 0.15) is 79.1 Å². The Morgan fingerprint density at radius 2 is 1.57 bits per heavy atom. The number of ketones is 1. The second kappa shape index (κ2) is 9.18. The van der Waals surface area contributed by atoms with Crippen LogP contribution in [0.25, 0.3) is 0 Å². The van der Waals surface area contributed by atoms with E-state index in [-0.39, 0.29) is 11.2 Å². The number of Topliss-reactive ketones (excluding diaryl/α,β-unsaturated/α-hetero) is 1. The van der Waals surface area contributed by atoms with Crippen molar-refractivity contribution in [2.24, 2.45) is 0 Å². The lowest BCUT2D eigenvalue weighted by molar-refractivity contribution is -0.144. The van der Waals surface area contributed by atoms with Crippen LogP contribution in [0.3, 0.4) is 0 Å². The molecule has 0 aliphatic heterocycles. The third kappa shape index (κ3) is 5.09. The van der Waals surface area contributed by atoms with Crippen LogP contribution >= 0.6 is 0 Å². The fourth-order valence-electron chi connectivity index (χ4n) is 3.37. The quantitative estimate of drug-likeness (QED) is 0.259. The molecule has 28 heavy (non-hydrogen) atoms. The molecule has 0 saturated heterocycles. The molecule has 2 rings (SSSR count). The summed E-state index contributed by atoms with van der Waals surface area (Å²) in [5.74, 6) is -1.59. The summed E-state index contributed by atoms with van der Waals surface area (Å²) < 4.78 is 5.44. The first kappa shape index (κ1) is 21.9. The van der Waals surface area contributed by atoms with Gasteiger partial charge in [0.15, 0.2) is 5.78 Å². The van der Waals surface area contributed by atoms with E-state index in [0.29, 0.717) is 17.7 Å². The number of aryl methyl sites for hydroxylation is 2. The number of esters is 1. The Bertz CT molecular complexity index is 806. The Morgan fingerprint density at radius 3 is 2.07 bits per heavy atom. The predicted molar refractivity (Wildman–Crippen MR) is 114 cm³/mol. The zero-order chi connectivity index (χ0) is 20.9. The first-order valence-corrected chi connectivity index (χ1v) is 10.0. The van der Waals surface area contributed by atoms with Crippen LogP contribution in [0.5, 0.6) is 0 Å². The molecule has 0 bridgehead atoms. The van der Waals surface area contributed by atoms with Crippen LogP contribution < -0.4 is 0 Å². The zero-order valence-corrected chi connectivity index (χ0v) is 18.0. The number of unbranched alkanes of at least 4 members (excludes halogenated alkanes) is 1. The molecule has 150 valence electrons. The first-order chi connectivity index (χ1) is 13.2. The van der Waals surface area contributed by atoms with Gasteiger partial charge in [0.25, 0.3) is 0 Å². The van der Waals surface area contributed by atoms with Crippen molar-refractivity contribution < 1.29 is 14.3 Å². The second-order valence-corrected chi connectivity index (χ2v) is 8.46. The van der Waals surface area contributed by atoms with Crippen molar-refractivity contribution in [2.75, 3.05) is 6.61 Å². The standard InChI is InChI=1S/C25H32O3/c1-7-8-14-28-24(27)22(19-12-10-9-11-13-19)23(26)21-17(2)15-20(16-18(21)3)25(4,5)6/h9-13,15-16,22H,7-8,14H2,1-6H3. The van der Waals surface area contributed by atoms with Crippen molar-refractivity contribution in [1.29, 1.82) is 0 Å². The third-order valence-corrected chi connectivity index (χ3v) is 5.02. The van der Waals surface area contributed by atoms with Crippen molar-refractivity contribution in [1.82, 2.24) is 0 Å². The Morgan fingerprint density at radius 1 is 1.00 bits per heavy atom. The van der Waals surface area contributed by atoms with E-state index in [1.165, 1.54) is 5.56 Å². The van der Waals surface area contributed by atoms with E-state index >= 15 is 0 Å². The topological polar surface area (TPSA) is 43.4 Å². The number of hydrogen-bond donors (Lipinski definition) is 0. The van der Waals surface area contributed by atoms with E-state index in [4.69, 9.17) is 4.74 Å². The highest BCUT2D eigenvalue weighted by molar-refractivity contribution is 6.14. The van der Waals surface area contributed by atoms with E-state index in [0.717, 1.165) is 24.0 Å². The highest BCUT2D eigenvalue weighted by Crippen LogP contribution is 2.31. The Hall–Kier alpha value is -2.42. The Kier molecular flexibility index (Phi) is 7.17. The SMILES string of the molecule is CCCCOC(=O)C(C(=O)c1c(C)cc(C(C)(C)C)cc1C)c1ccccc1. The molecule has 0 amide bonds. The molecule has 2 aromatic rings. The average Bonchev–Trinajstić information content (AvgIpc) is 2.61. The van der Waals surface area contributed by atoms with Gasteiger partial charge in [0.05, 0.1) is 6.61 Å². The number of carbonyl (C=O) groups is 2. The highest BCUT2D eigenvalue weighted by atomic mass is 16.5. The van der Waals surface area contributed by atoms with E-state index in [2.05, 4.69) is 32.9 Å². The van der Waals surface area contributed by atoms with Gasteiger partial charge in [-0.15, -0.1) is 0 Å². The van der Waals surface area contributed by atoms with Crippen LogP contribution in [0.15, 0.2) is 42.5 Å². The van der Waals surface area contributed by atoms with E-state index in [1.54, 1.807) is 0 Å². The summed E-state index contributed by atoms with van der Waals surface area (Å²) >= 11 is 0. The molecular weight excluding hydrogens is 348 g/mol. The van der Waals surface area contributed by atoms with Gasteiger partial charge in [-0.2, -0.15) is 0 Å². The number of ether oxygens (including phenoxy) is 1. The minimum absolute atomic E-state index is 0.00495. The van der Waals surface area contributed by atoms with Crippen molar-refractivity contribution in [3.05, 3.63) is 70.3 Å². The van der Waals surface area contributed by atoms with E-state index in [1.807, 2.05) is 51.1 Å². The molecule has 0 aromatic heterocycles. The molecular formula is C25H32O3. The summed E-state index contributed by atoms with van der Waals surface area (Å²) in [4.78, 5) is 26.4. The molecule has 0 spiro atoms. The maximum absolute atomic E-state index is 13.5. The molecule has 0 heterocycles. The largest absolute Gasteiger partial charge is 0.465 e. The van der Waals surface area contributed by atoms with Gasteiger partial charge in [0.1, 0.15) is 5.92 Å². The van der Waals surface area contributed by atoms with E-state index in [9.17, 15) is 9.59 Å². The van der Waals surface area contributed by atoms with Crippen LogP contribution in [0.2, 0.25) is 0 Å². The minimum Gasteiger partial charge on any atom is -0.465 e. The fraction of sp³-hybridized carbons (Fsp3) is 0.440. The summed E-state index contributed by atoms with van der Waals surface area (Å²) in [5.41, 5.74) is 4.27. The average molecular weight is 381 g/mol. The molecule has 0 aliphatic rings. The summed E-state index contributed by atoms with van der Waals surface area (Å²) in [5, 5.41) is 0. The van der Waals surface area contributed by atoms with Gasteiger partial charge in [0, 0.05) is 5.56 Å². The Labute approximate surface area is 169 Å². The van der Waals surface area contributed by atoms with Gasteiger partial charge in [-0.25, -0.2) is 0 Å². The molecule has 0 saturated carbocycles. The summed E-state index contributed by atoms with van der Waals surface area (Å²) in [7, 11) is 0. The molecule has 0 radical (unpaired) electrons. The summed E-state index contributed by atoms with van der Waals surface area (Å²) in [6.07, 6.45) is 1.73. The zero-order valence-electron chi connectivity index (χ0n) is 18.0. The van der Waals surface area contributed by atoms with Gasteiger partial charge in [-0.1, -0.05) is 76.6 Å². The van der Waals surface area contributed by atoms with Crippen molar-refractivity contribution in [2.45, 2.75) is 65.7 Å². The van der Waals surface area contributed by atoms with Crippen LogP contribution in [0, 0.1) is 13.8 Å². The molecule has 0 N–H and O–H groups in total. The molecule has 0 aliphatic carbocycles. The van der Waals surface area contributed by atoms with Gasteiger partial charge in [-0.05, 0) is 47.9 Å². The van der Waals surface area contributed by atoms with Crippen LogP contribution in [0.4, 0.5) is 0 Å². The van der Waals surface area contributed by atoms with Crippen LogP contribution in [-0.2, 0) is 14.9 Å². The fourth-order valence-corrected chi connectivity index (χ4v) is 3.37. The first-order valence-electron chi connectivity index (χ1n) is 10.0. The van der Waals surface area contributed by atoms with Crippen molar-refractivity contribution in [3.63, 3.8) is 0 Å². The number of carbonyl (C=O) groups excluding carboxylic acids is 2. The normalized spacial score (nSPS) is 12.5. The lowest BCUT2D eigenvalue weighted by Gasteiger charge is -2.23. The summed E-state index contributed by atoms with van der Waals surface area (Å²) in [6.45, 7) is 12.7. The maximum Gasteiger partial charge on any atom is 0.321 e. The smallest absolute Gasteiger partial charge is 0.321 e. The lowest BCUT2D eigenvalue weighted by atomic mass is 9.81. The van der Waals surface area contributed by atoms with Gasteiger partial charge in [-0.3, -0.25) is 9.59 Å². The molecule has 1 unspecified atom stereocenters.